The van der Waals surface area contributed by atoms with Gasteiger partial charge in [-0.25, -0.2) is 14.1 Å². The van der Waals surface area contributed by atoms with Crippen LogP contribution in [0, 0.1) is 12.7 Å². The number of piperidine rings is 1. The minimum absolute atomic E-state index is 0.230. The molecule has 1 unspecified atom stereocenters. The highest BCUT2D eigenvalue weighted by Gasteiger charge is 2.19. The highest BCUT2D eigenvalue weighted by molar-refractivity contribution is 5.57. The van der Waals surface area contributed by atoms with Gasteiger partial charge in [-0.2, -0.15) is 4.98 Å². The van der Waals surface area contributed by atoms with E-state index in [0.29, 0.717) is 22.8 Å². The van der Waals surface area contributed by atoms with Gasteiger partial charge >= 0.3 is 0 Å². The molecule has 8 heteroatoms. The lowest BCUT2D eigenvalue weighted by atomic mass is 10.1. The molecule has 1 N–H and O–H groups in total. The quantitative estimate of drug-likeness (QED) is 0.795. The lowest BCUT2D eigenvalue weighted by molar-refractivity contribution is 0.345. The molecule has 1 aromatic carbocycles. The molecule has 24 heavy (non-hydrogen) atoms. The topological polar surface area (TPSA) is 81.7 Å². The molecule has 124 valence electrons. The SMILES string of the molecule is Cc1ccc(-c2noc(-c3ncn(C4CCCNC4)n3)n2)cc1F. The second kappa shape index (κ2) is 6.12. The van der Waals surface area contributed by atoms with Crippen LogP contribution < -0.4 is 5.32 Å². The van der Waals surface area contributed by atoms with Gasteiger partial charge in [-0.1, -0.05) is 17.3 Å². The van der Waals surface area contributed by atoms with E-state index in [1.807, 2.05) is 4.68 Å². The molecule has 1 fully saturated rings. The summed E-state index contributed by atoms with van der Waals surface area (Å²) in [5.41, 5.74) is 1.13. The molecule has 0 aliphatic carbocycles. The molecule has 1 atom stereocenters. The Morgan fingerprint density at radius 2 is 2.25 bits per heavy atom. The van der Waals surface area contributed by atoms with E-state index in [-0.39, 0.29) is 17.7 Å². The fraction of sp³-hybridized carbons (Fsp3) is 0.375. The number of hydrogen-bond acceptors (Lipinski definition) is 6. The molecule has 7 nitrogen and oxygen atoms in total. The van der Waals surface area contributed by atoms with Crippen LogP contribution in [0.3, 0.4) is 0 Å². The van der Waals surface area contributed by atoms with Gasteiger partial charge in [-0.15, -0.1) is 5.10 Å². The summed E-state index contributed by atoms with van der Waals surface area (Å²) in [6.45, 7) is 3.62. The highest BCUT2D eigenvalue weighted by Crippen LogP contribution is 2.23. The Hall–Kier alpha value is -2.61. The number of hydrogen-bond donors (Lipinski definition) is 1. The largest absolute Gasteiger partial charge is 0.330 e. The second-order valence-electron chi connectivity index (χ2n) is 5.94. The maximum absolute atomic E-state index is 13.7. The summed E-state index contributed by atoms with van der Waals surface area (Å²) in [4.78, 5) is 8.54. The molecule has 0 saturated carbocycles. The van der Waals surface area contributed by atoms with E-state index in [2.05, 4.69) is 25.5 Å². The van der Waals surface area contributed by atoms with Gasteiger partial charge in [0.1, 0.15) is 12.1 Å². The van der Waals surface area contributed by atoms with Gasteiger partial charge in [-0.05, 0) is 37.9 Å². The Morgan fingerprint density at radius 1 is 1.33 bits per heavy atom. The molecule has 1 aliphatic heterocycles. The molecule has 3 heterocycles. The summed E-state index contributed by atoms with van der Waals surface area (Å²) in [5.74, 6) is 0.631. The minimum atomic E-state index is -0.300. The monoisotopic (exact) mass is 328 g/mol. The highest BCUT2D eigenvalue weighted by atomic mass is 19.1. The van der Waals surface area contributed by atoms with Crippen molar-refractivity contribution >= 4 is 0 Å². The average molecular weight is 328 g/mol. The van der Waals surface area contributed by atoms with Crippen molar-refractivity contribution in [3.05, 3.63) is 35.9 Å². The first-order chi connectivity index (χ1) is 11.7. The molecule has 2 aromatic heterocycles. The van der Waals surface area contributed by atoms with Gasteiger partial charge in [0.15, 0.2) is 0 Å². The maximum Gasteiger partial charge on any atom is 0.297 e. The predicted octanol–water partition coefficient (Wildman–Crippen LogP) is 2.37. The Balaban J connectivity index is 1.58. The van der Waals surface area contributed by atoms with Gasteiger partial charge < -0.3 is 9.84 Å². The standard InChI is InChI=1S/C16H17FN6O/c1-10-4-5-11(7-13(10)17)14-20-16(24-22-14)15-19-9-23(21-15)12-3-2-6-18-8-12/h4-5,7,9,12,18H,2-3,6,8H2,1H3. The van der Waals surface area contributed by atoms with Crippen LogP contribution in [0.5, 0.6) is 0 Å². The van der Waals surface area contributed by atoms with Crippen molar-refractivity contribution in [1.29, 1.82) is 0 Å². The van der Waals surface area contributed by atoms with Crippen LogP contribution in [-0.4, -0.2) is 38.0 Å². The zero-order chi connectivity index (χ0) is 16.5. The van der Waals surface area contributed by atoms with Crippen molar-refractivity contribution in [3.8, 4) is 23.1 Å². The van der Waals surface area contributed by atoms with Crippen LogP contribution in [0.1, 0.15) is 24.4 Å². The van der Waals surface area contributed by atoms with Crippen LogP contribution in [-0.2, 0) is 0 Å². The Morgan fingerprint density at radius 3 is 3.04 bits per heavy atom. The van der Waals surface area contributed by atoms with Crippen LogP contribution in [0.4, 0.5) is 4.39 Å². The zero-order valence-corrected chi connectivity index (χ0v) is 13.2. The third kappa shape index (κ3) is 2.80. The van der Waals surface area contributed by atoms with Crippen LogP contribution in [0.25, 0.3) is 23.1 Å². The molecule has 3 aromatic rings. The molecule has 0 amide bonds. The number of halogens is 1. The smallest absolute Gasteiger partial charge is 0.297 e. The summed E-state index contributed by atoms with van der Waals surface area (Å²) in [6.07, 6.45) is 3.86. The average Bonchev–Trinajstić information content (AvgIpc) is 3.27. The van der Waals surface area contributed by atoms with Crippen molar-refractivity contribution in [1.82, 2.24) is 30.2 Å². The molecule has 0 radical (unpaired) electrons. The fourth-order valence-electron chi connectivity index (χ4n) is 2.77. The van der Waals surface area contributed by atoms with E-state index in [4.69, 9.17) is 4.52 Å². The van der Waals surface area contributed by atoms with Gasteiger partial charge in [0.2, 0.25) is 11.6 Å². The van der Waals surface area contributed by atoms with Crippen LogP contribution >= 0.6 is 0 Å². The Bertz CT molecular complexity index is 852. The van der Waals surface area contributed by atoms with E-state index < -0.39 is 0 Å². The number of rotatable bonds is 3. The predicted molar refractivity (Wildman–Crippen MR) is 84.6 cm³/mol. The third-order valence-corrected chi connectivity index (χ3v) is 4.20. The first kappa shape index (κ1) is 14.9. The summed E-state index contributed by atoms with van der Waals surface area (Å²) in [5, 5.41) is 11.7. The van der Waals surface area contributed by atoms with Crippen LogP contribution in [0.2, 0.25) is 0 Å². The normalized spacial score (nSPS) is 18.0. The summed E-state index contributed by atoms with van der Waals surface area (Å²) < 4.78 is 20.8. The van der Waals surface area contributed by atoms with Gasteiger partial charge in [0, 0.05) is 12.1 Å². The van der Waals surface area contributed by atoms with E-state index in [9.17, 15) is 4.39 Å². The lowest BCUT2D eigenvalue weighted by Gasteiger charge is -2.22. The van der Waals surface area contributed by atoms with Gasteiger partial charge in [0.05, 0.1) is 6.04 Å². The summed E-state index contributed by atoms with van der Waals surface area (Å²) in [7, 11) is 0. The van der Waals surface area contributed by atoms with E-state index in [0.717, 1.165) is 25.9 Å². The third-order valence-electron chi connectivity index (χ3n) is 4.20. The Kier molecular flexibility index (Phi) is 3.81. The van der Waals surface area contributed by atoms with Gasteiger partial charge in [0.25, 0.3) is 5.89 Å². The number of nitrogens with zero attached hydrogens (tertiary/aromatic N) is 5. The molecule has 1 aliphatic rings. The fourth-order valence-corrected chi connectivity index (χ4v) is 2.77. The second-order valence-corrected chi connectivity index (χ2v) is 5.94. The number of benzene rings is 1. The number of aromatic nitrogens is 5. The number of nitrogens with one attached hydrogen (secondary N) is 1. The molecular weight excluding hydrogens is 311 g/mol. The van der Waals surface area contributed by atoms with Crippen molar-refractivity contribution in [2.75, 3.05) is 13.1 Å². The Labute approximate surface area is 137 Å². The molecule has 0 bridgehead atoms. The van der Waals surface area contributed by atoms with E-state index in [1.165, 1.54) is 6.07 Å². The molecule has 0 spiro atoms. The van der Waals surface area contributed by atoms with Crippen molar-refractivity contribution in [2.45, 2.75) is 25.8 Å². The summed E-state index contributed by atoms with van der Waals surface area (Å²) >= 11 is 0. The maximum atomic E-state index is 13.7. The lowest BCUT2D eigenvalue weighted by Crippen LogP contribution is -2.31. The molecule has 4 rings (SSSR count). The van der Waals surface area contributed by atoms with Crippen molar-refractivity contribution < 1.29 is 8.91 Å². The van der Waals surface area contributed by atoms with E-state index >= 15 is 0 Å². The first-order valence-electron chi connectivity index (χ1n) is 7.93. The summed E-state index contributed by atoms with van der Waals surface area (Å²) in [6, 6.07) is 5.12. The molecule has 1 saturated heterocycles. The minimum Gasteiger partial charge on any atom is -0.330 e. The van der Waals surface area contributed by atoms with Gasteiger partial charge in [-0.3, -0.25) is 0 Å². The van der Waals surface area contributed by atoms with Crippen molar-refractivity contribution in [3.63, 3.8) is 0 Å². The van der Waals surface area contributed by atoms with E-state index in [1.54, 1.807) is 25.4 Å². The van der Waals surface area contributed by atoms with Crippen LogP contribution in [0.15, 0.2) is 29.0 Å². The first-order valence-corrected chi connectivity index (χ1v) is 7.93. The number of aryl methyl sites for hydroxylation is 1. The zero-order valence-electron chi connectivity index (χ0n) is 13.2. The van der Waals surface area contributed by atoms with Crippen molar-refractivity contribution in [2.24, 2.45) is 0 Å². The molecular formula is C16H17FN6O.